The zero-order valence-electron chi connectivity index (χ0n) is 10.6. The van der Waals surface area contributed by atoms with Crippen LogP contribution in [0.4, 0.5) is 0 Å². The Balaban J connectivity index is 3.24. The minimum Gasteiger partial charge on any atom is -0.506 e. The summed E-state index contributed by atoms with van der Waals surface area (Å²) >= 11 is 4.11. The number of hydrogen-bond donors (Lipinski definition) is 2. The highest BCUT2D eigenvalue weighted by atomic mass is 127. The molecule has 1 aromatic rings. The largest absolute Gasteiger partial charge is 0.506 e. The summed E-state index contributed by atoms with van der Waals surface area (Å²) in [6, 6.07) is 3.49. The van der Waals surface area contributed by atoms with Crippen LogP contribution in [0.3, 0.4) is 0 Å². The highest BCUT2D eigenvalue weighted by molar-refractivity contribution is 14.1. The summed E-state index contributed by atoms with van der Waals surface area (Å²) in [5, 5.41) is 10.1. The summed E-state index contributed by atoms with van der Waals surface area (Å²) in [6.07, 6.45) is 0. The van der Waals surface area contributed by atoms with Crippen LogP contribution in [-0.4, -0.2) is 18.3 Å². The molecule has 0 unspecified atom stereocenters. The van der Waals surface area contributed by atoms with Gasteiger partial charge in [-0.25, -0.2) is 0 Å². The van der Waals surface area contributed by atoms with Crippen LogP contribution in [0.1, 0.15) is 25.2 Å². The van der Waals surface area contributed by atoms with Crippen LogP contribution in [0.25, 0.3) is 0 Å². The summed E-state index contributed by atoms with van der Waals surface area (Å²) < 4.78 is 24.6. The normalized spacial score (nSPS) is 13.5. The lowest BCUT2D eigenvalue weighted by Gasteiger charge is -2.24. The Hall–Kier alpha value is 0.590. The number of rotatable bonds is 6. The monoisotopic (exact) mass is 511 g/mol. The molecule has 0 heterocycles. The van der Waals surface area contributed by atoms with Crippen LogP contribution in [0, 0.1) is 7.14 Å². The van der Waals surface area contributed by atoms with Crippen LogP contribution >= 0.6 is 52.8 Å². The molecule has 0 bridgehead atoms. The van der Waals surface area contributed by atoms with Crippen molar-refractivity contribution in [3.8, 4) is 5.75 Å². The van der Waals surface area contributed by atoms with Crippen molar-refractivity contribution in [2.75, 3.05) is 13.2 Å². The summed E-state index contributed by atoms with van der Waals surface area (Å²) in [7, 11) is -3.49. The second-order valence-electron chi connectivity index (χ2n) is 3.65. The fourth-order valence-corrected chi connectivity index (χ4v) is 5.08. The molecule has 0 aliphatic heterocycles. The second-order valence-corrected chi connectivity index (χ2v) is 8.21. The molecule has 1 rings (SSSR count). The third kappa shape index (κ3) is 4.28. The van der Waals surface area contributed by atoms with Crippen molar-refractivity contribution in [1.29, 1.82) is 0 Å². The Morgan fingerprint density at radius 1 is 1.32 bits per heavy atom. The fraction of sp³-hybridized carbons (Fsp3) is 0.455. The first kappa shape index (κ1) is 17.6. The minimum absolute atomic E-state index is 0.0214. The van der Waals surface area contributed by atoms with Crippen LogP contribution in [-0.2, 0) is 13.6 Å². The van der Waals surface area contributed by atoms with Crippen molar-refractivity contribution in [2.24, 2.45) is 5.73 Å². The van der Waals surface area contributed by atoms with Crippen molar-refractivity contribution < 1.29 is 18.7 Å². The molecule has 8 heteroatoms. The molecule has 5 nitrogen and oxygen atoms in total. The summed E-state index contributed by atoms with van der Waals surface area (Å²) in [6.45, 7) is 3.90. The van der Waals surface area contributed by atoms with Crippen LogP contribution in [0.2, 0.25) is 0 Å². The first-order valence-electron chi connectivity index (χ1n) is 5.68. The van der Waals surface area contributed by atoms with Gasteiger partial charge in [-0.15, -0.1) is 0 Å². The molecule has 0 saturated heterocycles. The maximum absolute atomic E-state index is 12.6. The van der Waals surface area contributed by atoms with Gasteiger partial charge in [-0.05, 0) is 71.2 Å². The molecule has 1 atom stereocenters. The second kappa shape index (κ2) is 7.56. The lowest BCUT2D eigenvalue weighted by Crippen LogP contribution is -2.15. The number of phenols is 1. The van der Waals surface area contributed by atoms with Gasteiger partial charge >= 0.3 is 7.60 Å². The lowest BCUT2D eigenvalue weighted by molar-refractivity contribution is 0.212. The molecule has 19 heavy (non-hydrogen) atoms. The summed E-state index contributed by atoms with van der Waals surface area (Å²) in [5.41, 5.74) is 6.38. The van der Waals surface area contributed by atoms with Crippen molar-refractivity contribution in [1.82, 2.24) is 0 Å². The van der Waals surface area contributed by atoms with E-state index in [1.807, 2.05) is 22.6 Å². The third-order valence-corrected chi connectivity index (χ3v) is 5.98. The van der Waals surface area contributed by atoms with E-state index in [2.05, 4.69) is 22.6 Å². The summed E-state index contributed by atoms with van der Waals surface area (Å²) in [4.78, 5) is 0. The zero-order chi connectivity index (χ0) is 14.6. The van der Waals surface area contributed by atoms with E-state index in [9.17, 15) is 9.67 Å². The maximum Gasteiger partial charge on any atom is 0.351 e. The number of aromatic hydroxyl groups is 1. The molecular weight excluding hydrogens is 495 g/mol. The number of nitrogens with two attached hydrogens (primary N) is 1. The van der Waals surface area contributed by atoms with Crippen molar-refractivity contribution in [2.45, 2.75) is 19.6 Å². The molecule has 0 fully saturated rings. The molecule has 0 aliphatic rings. The van der Waals surface area contributed by atoms with Crippen LogP contribution in [0.5, 0.6) is 5.75 Å². The topological polar surface area (TPSA) is 81.8 Å². The Bertz CT molecular complexity index is 488. The average molecular weight is 511 g/mol. The molecule has 0 spiro atoms. The van der Waals surface area contributed by atoms with Gasteiger partial charge in [0.2, 0.25) is 0 Å². The summed E-state index contributed by atoms with van der Waals surface area (Å²) in [5.74, 6) is -0.983. The lowest BCUT2D eigenvalue weighted by atomic mass is 10.2. The first-order valence-corrected chi connectivity index (χ1v) is 9.45. The molecular formula is C11H16I2NO4P. The molecule has 108 valence electrons. The van der Waals surface area contributed by atoms with Crippen LogP contribution < -0.4 is 5.73 Å². The first-order chi connectivity index (χ1) is 8.85. The van der Waals surface area contributed by atoms with E-state index in [0.717, 1.165) is 3.57 Å². The average Bonchev–Trinajstić information content (AvgIpc) is 2.33. The molecule has 0 aromatic heterocycles. The molecule has 0 saturated carbocycles. The molecule has 0 radical (unpaired) electrons. The highest BCUT2D eigenvalue weighted by Gasteiger charge is 2.36. The van der Waals surface area contributed by atoms with E-state index in [0.29, 0.717) is 9.13 Å². The van der Waals surface area contributed by atoms with Gasteiger partial charge in [0, 0.05) is 9.13 Å². The van der Waals surface area contributed by atoms with E-state index < -0.39 is 13.4 Å². The van der Waals surface area contributed by atoms with Gasteiger partial charge in [0.1, 0.15) is 11.5 Å². The SMILES string of the molecule is CCOP(=O)(OCC)[C@H](N)c1cc(I)cc(I)c1O. The van der Waals surface area contributed by atoms with E-state index in [4.69, 9.17) is 14.8 Å². The van der Waals surface area contributed by atoms with Gasteiger partial charge in [0.25, 0.3) is 0 Å². The van der Waals surface area contributed by atoms with Crippen molar-refractivity contribution in [3.05, 3.63) is 24.8 Å². The van der Waals surface area contributed by atoms with Crippen molar-refractivity contribution >= 4 is 52.8 Å². The highest BCUT2D eigenvalue weighted by Crippen LogP contribution is 2.59. The van der Waals surface area contributed by atoms with Gasteiger partial charge in [-0.3, -0.25) is 4.57 Å². The van der Waals surface area contributed by atoms with Crippen molar-refractivity contribution in [3.63, 3.8) is 0 Å². The minimum atomic E-state index is -3.49. The number of benzene rings is 1. The van der Waals surface area contributed by atoms with Gasteiger partial charge < -0.3 is 19.9 Å². The number of halogens is 2. The predicted octanol–water partition coefficient (Wildman–Crippen LogP) is 3.82. The molecule has 0 aliphatic carbocycles. The Morgan fingerprint density at radius 3 is 2.32 bits per heavy atom. The third-order valence-electron chi connectivity index (χ3n) is 2.34. The molecule has 0 amide bonds. The Kier molecular flexibility index (Phi) is 7.02. The smallest absolute Gasteiger partial charge is 0.351 e. The number of phenolic OH excluding ortho intramolecular Hbond substituents is 1. The van der Waals surface area contributed by atoms with E-state index in [1.54, 1.807) is 26.0 Å². The van der Waals surface area contributed by atoms with Gasteiger partial charge in [-0.2, -0.15) is 0 Å². The number of hydrogen-bond acceptors (Lipinski definition) is 5. The maximum atomic E-state index is 12.6. The Morgan fingerprint density at radius 2 is 1.84 bits per heavy atom. The molecule has 1 aromatic carbocycles. The quantitative estimate of drug-likeness (QED) is 0.449. The molecule has 3 N–H and O–H groups in total. The van der Waals surface area contributed by atoms with Crippen LogP contribution in [0.15, 0.2) is 12.1 Å². The Labute approximate surface area is 140 Å². The van der Waals surface area contributed by atoms with E-state index >= 15 is 0 Å². The standard InChI is InChI=1S/C11H16I2NO4P/c1-3-17-19(16,18-4-2)11(14)8-5-7(12)6-9(13)10(8)15/h5-6,11,15H,3-4,14H2,1-2H3/t11-/m0/s1. The van der Waals surface area contributed by atoms with Gasteiger partial charge in [0.15, 0.2) is 0 Å². The zero-order valence-corrected chi connectivity index (χ0v) is 15.8. The van der Waals surface area contributed by atoms with Gasteiger partial charge in [-0.1, -0.05) is 0 Å². The van der Waals surface area contributed by atoms with E-state index in [1.165, 1.54) is 0 Å². The van der Waals surface area contributed by atoms with Gasteiger partial charge in [0.05, 0.1) is 16.8 Å². The van der Waals surface area contributed by atoms with E-state index in [-0.39, 0.29) is 19.0 Å². The predicted molar refractivity (Wildman–Crippen MR) is 91.3 cm³/mol. The fourth-order valence-electron chi connectivity index (χ4n) is 1.54.